The van der Waals surface area contributed by atoms with Gasteiger partial charge in [-0.15, -0.1) is 0 Å². The Bertz CT molecular complexity index is 602. The maximum absolute atomic E-state index is 12.3. The Morgan fingerprint density at radius 1 is 1.22 bits per heavy atom. The van der Waals surface area contributed by atoms with Crippen LogP contribution in [-0.4, -0.2) is 62.2 Å². The molecule has 2 N–H and O–H groups in total. The van der Waals surface area contributed by atoms with E-state index in [0.717, 1.165) is 37.5 Å². The van der Waals surface area contributed by atoms with Gasteiger partial charge in [0.15, 0.2) is 0 Å². The van der Waals surface area contributed by atoms with Gasteiger partial charge in [-0.25, -0.2) is 4.79 Å². The lowest BCUT2D eigenvalue weighted by molar-refractivity contribution is -0.117. The number of benzene rings is 1. The summed E-state index contributed by atoms with van der Waals surface area (Å²) in [6, 6.07) is 7.08. The Kier molecular flexibility index (Phi) is 8.39. The topological polar surface area (TPSA) is 73.9 Å². The molecule has 1 fully saturated rings. The first-order valence-electron chi connectivity index (χ1n) is 9.87. The molecule has 0 bridgehead atoms. The fourth-order valence-electron chi connectivity index (χ4n) is 3.22. The van der Waals surface area contributed by atoms with Crippen LogP contribution in [0.4, 0.5) is 10.5 Å². The molecular formula is C20H32N4O3. The highest BCUT2D eigenvalue weighted by atomic mass is 16.5. The lowest BCUT2D eigenvalue weighted by Gasteiger charge is -2.19. The minimum atomic E-state index is -0.208. The van der Waals surface area contributed by atoms with Crippen LogP contribution in [0.5, 0.6) is 5.75 Å². The molecule has 7 nitrogen and oxygen atoms in total. The molecule has 2 rings (SSSR count). The first-order chi connectivity index (χ1) is 13.1. The molecular weight excluding hydrogens is 344 g/mol. The molecule has 150 valence electrons. The van der Waals surface area contributed by atoms with E-state index in [4.69, 9.17) is 4.74 Å². The molecule has 7 heteroatoms. The van der Waals surface area contributed by atoms with Gasteiger partial charge in [0, 0.05) is 25.2 Å². The normalized spacial score (nSPS) is 16.7. The lowest BCUT2D eigenvalue weighted by Crippen LogP contribution is -2.44. The summed E-state index contributed by atoms with van der Waals surface area (Å²) in [5, 5.41) is 5.79. The van der Waals surface area contributed by atoms with Crippen LogP contribution in [0.3, 0.4) is 0 Å². The van der Waals surface area contributed by atoms with Crippen molar-refractivity contribution >= 4 is 17.6 Å². The highest BCUT2D eigenvalue weighted by molar-refractivity contribution is 5.96. The molecule has 0 radical (unpaired) electrons. The number of nitrogens with zero attached hydrogens (tertiary/aromatic N) is 2. The molecule has 1 aliphatic heterocycles. The maximum Gasteiger partial charge on any atom is 0.315 e. The summed E-state index contributed by atoms with van der Waals surface area (Å²) < 4.78 is 5.43. The molecule has 3 amide bonds. The summed E-state index contributed by atoms with van der Waals surface area (Å²) in [7, 11) is 0. The predicted octanol–water partition coefficient (Wildman–Crippen LogP) is 2.22. The molecule has 1 aliphatic rings. The average molecular weight is 377 g/mol. The monoisotopic (exact) mass is 376 g/mol. The number of carbonyl (C=O) groups is 2. The number of ether oxygens (including phenoxy) is 1. The second-order valence-electron chi connectivity index (χ2n) is 6.61. The zero-order chi connectivity index (χ0) is 19.6. The molecule has 1 aromatic carbocycles. The van der Waals surface area contributed by atoms with Gasteiger partial charge in [-0.3, -0.25) is 4.79 Å². The van der Waals surface area contributed by atoms with Crippen LogP contribution in [0, 0.1) is 0 Å². The van der Waals surface area contributed by atoms with Gasteiger partial charge in [0.05, 0.1) is 12.6 Å². The number of urea groups is 1. The average Bonchev–Trinajstić information content (AvgIpc) is 3.03. The Balaban J connectivity index is 1.75. The molecule has 27 heavy (non-hydrogen) atoms. The zero-order valence-corrected chi connectivity index (χ0v) is 16.7. The highest BCUT2D eigenvalue weighted by Crippen LogP contribution is 2.24. The molecule has 0 saturated carbocycles. The summed E-state index contributed by atoms with van der Waals surface area (Å²) >= 11 is 0. The molecule has 0 aromatic heterocycles. The van der Waals surface area contributed by atoms with Gasteiger partial charge < -0.3 is 25.2 Å². The zero-order valence-electron chi connectivity index (χ0n) is 16.7. The third-order valence-corrected chi connectivity index (χ3v) is 4.75. The van der Waals surface area contributed by atoms with Gasteiger partial charge in [-0.2, -0.15) is 0 Å². The third-order valence-electron chi connectivity index (χ3n) is 4.75. The van der Waals surface area contributed by atoms with Crippen LogP contribution in [0.1, 0.15) is 33.6 Å². The molecule has 0 aliphatic carbocycles. The van der Waals surface area contributed by atoms with Gasteiger partial charge in [0.1, 0.15) is 5.75 Å². The van der Waals surface area contributed by atoms with E-state index in [2.05, 4.69) is 29.4 Å². The first-order valence-corrected chi connectivity index (χ1v) is 9.87. The van der Waals surface area contributed by atoms with E-state index < -0.39 is 0 Å². The minimum absolute atomic E-state index is 0.0194. The van der Waals surface area contributed by atoms with Crippen LogP contribution < -0.4 is 20.3 Å². The fourth-order valence-corrected chi connectivity index (χ4v) is 3.22. The lowest BCUT2D eigenvalue weighted by atomic mass is 10.2. The summed E-state index contributed by atoms with van der Waals surface area (Å²) in [6.45, 7) is 10.9. The van der Waals surface area contributed by atoms with E-state index >= 15 is 0 Å². The van der Waals surface area contributed by atoms with E-state index in [1.54, 1.807) is 4.90 Å². The number of carbonyl (C=O) groups excluding carboxylic acids is 2. The fraction of sp³-hybridized carbons (Fsp3) is 0.600. The molecule has 1 heterocycles. The second kappa shape index (κ2) is 10.8. The standard InChI is InChI=1S/C20H32N4O3/c1-4-23(5-2)13-7-12-21-20(26)22-16-14-19(25)24(15-16)17-8-10-18(11-9-17)27-6-3/h8-11,16H,4-7,12-15H2,1-3H3,(H2,21,22,26). The van der Waals surface area contributed by atoms with Gasteiger partial charge in [-0.1, -0.05) is 13.8 Å². The van der Waals surface area contributed by atoms with Gasteiger partial charge in [0.25, 0.3) is 0 Å². The molecule has 1 unspecified atom stereocenters. The SMILES string of the molecule is CCOc1ccc(N2CC(NC(=O)NCCCN(CC)CC)CC2=O)cc1. The van der Waals surface area contributed by atoms with Crippen LogP contribution in [0.2, 0.25) is 0 Å². The van der Waals surface area contributed by atoms with E-state index in [-0.39, 0.29) is 18.0 Å². The quantitative estimate of drug-likeness (QED) is 0.614. The number of nitrogens with one attached hydrogen (secondary N) is 2. The van der Waals surface area contributed by atoms with Crippen molar-refractivity contribution in [3.8, 4) is 5.75 Å². The summed E-state index contributed by atoms with van der Waals surface area (Å²) in [4.78, 5) is 28.4. The number of hydrogen-bond acceptors (Lipinski definition) is 4. The van der Waals surface area contributed by atoms with Gasteiger partial charge >= 0.3 is 6.03 Å². The van der Waals surface area contributed by atoms with Crippen molar-refractivity contribution in [2.24, 2.45) is 0 Å². The molecule has 0 spiro atoms. The van der Waals surface area contributed by atoms with Crippen molar-refractivity contribution in [2.45, 2.75) is 39.7 Å². The van der Waals surface area contributed by atoms with E-state index in [0.29, 0.717) is 26.1 Å². The Labute approximate surface area is 162 Å². The van der Waals surface area contributed by atoms with Gasteiger partial charge in [-0.05, 0) is 57.2 Å². The van der Waals surface area contributed by atoms with Gasteiger partial charge in [0.2, 0.25) is 5.91 Å². The molecule has 1 atom stereocenters. The Hall–Kier alpha value is -2.28. The van der Waals surface area contributed by atoms with Crippen molar-refractivity contribution in [2.75, 3.05) is 44.2 Å². The van der Waals surface area contributed by atoms with Crippen LogP contribution >= 0.6 is 0 Å². The van der Waals surface area contributed by atoms with E-state index in [9.17, 15) is 9.59 Å². The molecule has 1 aromatic rings. The summed E-state index contributed by atoms with van der Waals surface area (Å²) in [5.74, 6) is 0.803. The van der Waals surface area contributed by atoms with Crippen molar-refractivity contribution in [1.82, 2.24) is 15.5 Å². The number of hydrogen-bond donors (Lipinski definition) is 2. The van der Waals surface area contributed by atoms with Crippen LogP contribution in [-0.2, 0) is 4.79 Å². The van der Waals surface area contributed by atoms with Crippen molar-refractivity contribution in [1.29, 1.82) is 0 Å². The second-order valence-corrected chi connectivity index (χ2v) is 6.61. The maximum atomic E-state index is 12.3. The van der Waals surface area contributed by atoms with Crippen LogP contribution in [0.15, 0.2) is 24.3 Å². The van der Waals surface area contributed by atoms with Crippen LogP contribution in [0.25, 0.3) is 0 Å². The summed E-state index contributed by atoms with van der Waals surface area (Å²) in [6.07, 6.45) is 1.23. The third kappa shape index (κ3) is 6.43. The number of amides is 3. The van der Waals surface area contributed by atoms with Crippen molar-refractivity contribution in [3.63, 3.8) is 0 Å². The highest BCUT2D eigenvalue weighted by Gasteiger charge is 2.31. The van der Waals surface area contributed by atoms with Crippen molar-refractivity contribution in [3.05, 3.63) is 24.3 Å². The molecule has 1 saturated heterocycles. The van der Waals surface area contributed by atoms with Crippen molar-refractivity contribution < 1.29 is 14.3 Å². The largest absolute Gasteiger partial charge is 0.494 e. The Morgan fingerprint density at radius 3 is 2.56 bits per heavy atom. The Morgan fingerprint density at radius 2 is 1.93 bits per heavy atom. The predicted molar refractivity (Wildman–Crippen MR) is 107 cm³/mol. The smallest absolute Gasteiger partial charge is 0.315 e. The van der Waals surface area contributed by atoms with E-state index in [1.165, 1.54) is 0 Å². The van der Waals surface area contributed by atoms with E-state index in [1.807, 2.05) is 31.2 Å². The first kappa shape index (κ1) is 21.0. The minimum Gasteiger partial charge on any atom is -0.494 e. The number of anilines is 1. The number of rotatable bonds is 10. The summed E-state index contributed by atoms with van der Waals surface area (Å²) in [5.41, 5.74) is 0.826.